The van der Waals surface area contributed by atoms with Gasteiger partial charge in [-0.2, -0.15) is 0 Å². The lowest BCUT2D eigenvalue weighted by atomic mass is 10.3. The highest BCUT2D eigenvalue weighted by Crippen LogP contribution is 2.26. The summed E-state index contributed by atoms with van der Waals surface area (Å²) in [5.74, 6) is 0. The molecule has 0 saturated heterocycles. The van der Waals surface area contributed by atoms with Gasteiger partial charge in [-0.15, -0.1) is 0 Å². The Balaban J connectivity index is 2.22. The maximum absolute atomic E-state index is 5.50. The van der Waals surface area contributed by atoms with Gasteiger partial charge in [-0.25, -0.2) is 0 Å². The van der Waals surface area contributed by atoms with Gasteiger partial charge in [0.25, 0.3) is 0 Å². The predicted molar refractivity (Wildman–Crippen MR) is 39.3 cm³/mol. The Kier molecular flexibility index (Phi) is 2.09. The van der Waals surface area contributed by atoms with E-state index in [9.17, 15) is 0 Å². The van der Waals surface area contributed by atoms with Crippen LogP contribution < -0.4 is 5.73 Å². The van der Waals surface area contributed by atoms with Crippen LogP contribution >= 0.6 is 0 Å². The van der Waals surface area contributed by atoms with Crippen LogP contribution in [0.3, 0.4) is 0 Å². The lowest BCUT2D eigenvalue weighted by Gasteiger charge is -2.22. The van der Waals surface area contributed by atoms with E-state index in [2.05, 4.69) is 18.9 Å². The van der Waals surface area contributed by atoms with Crippen LogP contribution in [-0.2, 0) is 0 Å². The maximum Gasteiger partial charge on any atom is 0.0190 e. The summed E-state index contributed by atoms with van der Waals surface area (Å²) in [7, 11) is 2.16. The zero-order valence-electron chi connectivity index (χ0n) is 6.30. The first-order valence-corrected chi connectivity index (χ1v) is 3.67. The zero-order chi connectivity index (χ0) is 6.85. The van der Waals surface area contributed by atoms with Gasteiger partial charge in [-0.05, 0) is 26.8 Å². The van der Waals surface area contributed by atoms with E-state index in [1.54, 1.807) is 0 Å². The number of likely N-dealkylation sites (N-methyl/N-ethyl adjacent to an activating group) is 1. The Morgan fingerprint density at radius 1 is 1.67 bits per heavy atom. The summed E-state index contributed by atoms with van der Waals surface area (Å²) >= 11 is 0. The predicted octanol–water partition coefficient (Wildman–Crippen LogP) is 0.428. The van der Waals surface area contributed by atoms with Crippen LogP contribution in [-0.4, -0.2) is 30.6 Å². The fourth-order valence-electron chi connectivity index (χ4n) is 1.01. The molecule has 0 aliphatic heterocycles. The summed E-state index contributed by atoms with van der Waals surface area (Å²) in [5, 5.41) is 0. The standard InChI is InChI=1S/C7H16N2/c1-6(5-8)9(2)7-3-4-7/h6-7H,3-5,8H2,1-2H3. The Bertz CT molecular complexity index is 88.9. The summed E-state index contributed by atoms with van der Waals surface area (Å²) < 4.78 is 0. The molecule has 0 radical (unpaired) electrons. The Morgan fingerprint density at radius 2 is 2.22 bits per heavy atom. The minimum absolute atomic E-state index is 0.567. The molecule has 1 fully saturated rings. The molecule has 0 heterocycles. The van der Waals surface area contributed by atoms with Gasteiger partial charge in [0.1, 0.15) is 0 Å². The number of nitrogens with zero attached hydrogens (tertiary/aromatic N) is 1. The van der Waals surface area contributed by atoms with Crippen LogP contribution in [0.15, 0.2) is 0 Å². The highest BCUT2D eigenvalue weighted by molar-refractivity contribution is 4.85. The van der Waals surface area contributed by atoms with E-state index in [-0.39, 0.29) is 0 Å². The van der Waals surface area contributed by atoms with Crippen molar-refractivity contribution in [3.8, 4) is 0 Å². The molecule has 1 atom stereocenters. The van der Waals surface area contributed by atoms with E-state index < -0.39 is 0 Å². The van der Waals surface area contributed by atoms with Gasteiger partial charge >= 0.3 is 0 Å². The molecule has 2 nitrogen and oxygen atoms in total. The minimum atomic E-state index is 0.567. The molecule has 1 aliphatic rings. The highest BCUT2D eigenvalue weighted by atomic mass is 15.2. The number of hydrogen-bond acceptors (Lipinski definition) is 2. The molecule has 2 heteroatoms. The molecule has 1 unspecified atom stereocenters. The summed E-state index contributed by atoms with van der Waals surface area (Å²) in [6.07, 6.45) is 2.75. The summed E-state index contributed by atoms with van der Waals surface area (Å²) in [6.45, 7) is 2.96. The fraction of sp³-hybridized carbons (Fsp3) is 1.00. The Labute approximate surface area is 57.0 Å². The van der Waals surface area contributed by atoms with Gasteiger partial charge in [0, 0.05) is 18.6 Å². The first kappa shape index (κ1) is 7.03. The van der Waals surface area contributed by atoms with Gasteiger partial charge in [0.15, 0.2) is 0 Å². The third-order valence-corrected chi connectivity index (χ3v) is 2.16. The third-order valence-electron chi connectivity index (χ3n) is 2.16. The second-order valence-electron chi connectivity index (χ2n) is 2.98. The highest BCUT2D eigenvalue weighted by Gasteiger charge is 2.28. The van der Waals surface area contributed by atoms with Crippen molar-refractivity contribution in [3.05, 3.63) is 0 Å². The quantitative estimate of drug-likeness (QED) is 0.597. The van der Waals surface area contributed by atoms with Crippen molar-refractivity contribution in [2.75, 3.05) is 13.6 Å². The molecule has 0 aromatic rings. The first-order valence-electron chi connectivity index (χ1n) is 3.67. The third kappa shape index (κ3) is 1.66. The van der Waals surface area contributed by atoms with Crippen molar-refractivity contribution in [1.29, 1.82) is 0 Å². The molecule has 0 aromatic heterocycles. The van der Waals surface area contributed by atoms with E-state index in [1.807, 2.05) is 0 Å². The fourth-order valence-corrected chi connectivity index (χ4v) is 1.01. The summed E-state index contributed by atoms with van der Waals surface area (Å²) in [4.78, 5) is 2.38. The van der Waals surface area contributed by atoms with E-state index >= 15 is 0 Å². The van der Waals surface area contributed by atoms with Crippen LogP contribution in [0.4, 0.5) is 0 Å². The molecule has 0 aromatic carbocycles. The van der Waals surface area contributed by atoms with E-state index in [1.165, 1.54) is 12.8 Å². The molecule has 0 amide bonds. The monoisotopic (exact) mass is 128 g/mol. The summed E-state index contributed by atoms with van der Waals surface area (Å²) in [6, 6.07) is 1.42. The molecule has 0 bridgehead atoms. The zero-order valence-corrected chi connectivity index (χ0v) is 6.30. The maximum atomic E-state index is 5.50. The number of hydrogen-bond donors (Lipinski definition) is 1. The van der Waals surface area contributed by atoms with Gasteiger partial charge in [0.2, 0.25) is 0 Å². The van der Waals surface area contributed by atoms with E-state index in [0.717, 1.165) is 12.6 Å². The van der Waals surface area contributed by atoms with Gasteiger partial charge in [-0.1, -0.05) is 0 Å². The van der Waals surface area contributed by atoms with E-state index in [0.29, 0.717) is 6.04 Å². The smallest absolute Gasteiger partial charge is 0.0190 e. The van der Waals surface area contributed by atoms with Crippen molar-refractivity contribution in [2.45, 2.75) is 31.8 Å². The van der Waals surface area contributed by atoms with Crippen LogP contribution in [0.1, 0.15) is 19.8 Å². The molecule has 9 heavy (non-hydrogen) atoms. The van der Waals surface area contributed by atoms with Crippen molar-refractivity contribution >= 4 is 0 Å². The van der Waals surface area contributed by atoms with Gasteiger partial charge in [-0.3, -0.25) is 4.90 Å². The topological polar surface area (TPSA) is 29.3 Å². The summed E-state index contributed by atoms with van der Waals surface area (Å²) in [5.41, 5.74) is 5.50. The van der Waals surface area contributed by atoms with Crippen molar-refractivity contribution in [3.63, 3.8) is 0 Å². The number of rotatable bonds is 3. The second-order valence-corrected chi connectivity index (χ2v) is 2.98. The van der Waals surface area contributed by atoms with Crippen LogP contribution in [0, 0.1) is 0 Å². The van der Waals surface area contributed by atoms with Crippen molar-refractivity contribution in [2.24, 2.45) is 5.73 Å². The largest absolute Gasteiger partial charge is 0.329 e. The molecular weight excluding hydrogens is 112 g/mol. The molecule has 2 N–H and O–H groups in total. The van der Waals surface area contributed by atoms with Crippen LogP contribution in [0.2, 0.25) is 0 Å². The Morgan fingerprint density at radius 3 is 2.56 bits per heavy atom. The second kappa shape index (κ2) is 2.67. The van der Waals surface area contributed by atoms with Crippen LogP contribution in [0.5, 0.6) is 0 Å². The average Bonchev–Trinajstić information content (AvgIpc) is 2.66. The van der Waals surface area contributed by atoms with Crippen LogP contribution in [0.25, 0.3) is 0 Å². The minimum Gasteiger partial charge on any atom is -0.329 e. The number of nitrogens with two attached hydrogens (primary N) is 1. The molecule has 1 aliphatic carbocycles. The average molecular weight is 128 g/mol. The SMILES string of the molecule is CC(CN)N(C)C1CC1. The molecule has 54 valence electrons. The van der Waals surface area contributed by atoms with Crippen molar-refractivity contribution in [1.82, 2.24) is 4.90 Å². The molecule has 1 saturated carbocycles. The first-order chi connectivity index (χ1) is 4.25. The van der Waals surface area contributed by atoms with Gasteiger partial charge in [0.05, 0.1) is 0 Å². The molecule has 1 rings (SSSR count). The van der Waals surface area contributed by atoms with Crippen molar-refractivity contribution < 1.29 is 0 Å². The lowest BCUT2D eigenvalue weighted by Crippen LogP contribution is -2.36. The molecule has 0 spiro atoms. The van der Waals surface area contributed by atoms with Gasteiger partial charge < -0.3 is 5.73 Å². The Hall–Kier alpha value is -0.0800. The van der Waals surface area contributed by atoms with E-state index in [4.69, 9.17) is 5.73 Å². The molecular formula is C7H16N2. The lowest BCUT2D eigenvalue weighted by molar-refractivity contribution is 0.253. The normalized spacial score (nSPS) is 22.7.